The fourth-order valence-corrected chi connectivity index (χ4v) is 3.68. The van der Waals surface area contributed by atoms with Crippen LogP contribution in [0.5, 0.6) is 5.88 Å². The van der Waals surface area contributed by atoms with E-state index in [1.165, 1.54) is 30.8 Å². The summed E-state index contributed by atoms with van der Waals surface area (Å²) in [6.45, 7) is 3.57. The summed E-state index contributed by atoms with van der Waals surface area (Å²) < 4.78 is 4.93. The van der Waals surface area contributed by atoms with E-state index in [-0.39, 0.29) is 17.8 Å². The Balaban J connectivity index is 1.38. The van der Waals surface area contributed by atoms with Crippen LogP contribution in [-0.2, 0) is 4.84 Å². The molecule has 1 saturated heterocycles. The minimum atomic E-state index is -0.640. The third-order valence-corrected chi connectivity index (χ3v) is 5.06. The zero-order valence-electron chi connectivity index (χ0n) is 15.8. The van der Waals surface area contributed by atoms with E-state index in [1.54, 1.807) is 10.6 Å². The molecule has 152 valence electrons. The number of carbonyl (C=O) groups is 1. The largest absolute Gasteiger partial charge is 0.480 e. The van der Waals surface area contributed by atoms with E-state index in [2.05, 4.69) is 35.1 Å². The first kappa shape index (κ1) is 19.0. The SMILES string of the molecule is COc1cnc(NC(=O)ON2CCN(c3nc(N)nc4scnc34)[C@@H](C)C2)cn1. The van der Waals surface area contributed by atoms with Gasteiger partial charge in [0.25, 0.3) is 0 Å². The van der Waals surface area contributed by atoms with Crippen molar-refractivity contribution in [3.8, 4) is 5.88 Å². The van der Waals surface area contributed by atoms with Gasteiger partial charge in [-0.3, -0.25) is 5.32 Å². The molecular formula is C16H19N9O3S. The summed E-state index contributed by atoms with van der Waals surface area (Å²) in [4.78, 5) is 41.3. The van der Waals surface area contributed by atoms with Crippen LogP contribution in [0.4, 0.5) is 22.4 Å². The molecule has 0 spiro atoms. The van der Waals surface area contributed by atoms with Crippen LogP contribution >= 0.6 is 11.3 Å². The number of anilines is 3. The van der Waals surface area contributed by atoms with E-state index >= 15 is 0 Å². The predicted molar refractivity (Wildman–Crippen MR) is 107 cm³/mol. The molecule has 0 radical (unpaired) electrons. The molecule has 4 rings (SSSR count). The smallest absolute Gasteiger partial charge is 0.432 e. The van der Waals surface area contributed by atoms with E-state index in [0.29, 0.717) is 31.3 Å². The number of piperazine rings is 1. The molecule has 1 atom stereocenters. The number of nitrogen functional groups attached to an aromatic ring is 1. The van der Waals surface area contributed by atoms with Crippen LogP contribution in [0.2, 0.25) is 0 Å². The van der Waals surface area contributed by atoms with Gasteiger partial charge in [0.2, 0.25) is 11.8 Å². The summed E-state index contributed by atoms with van der Waals surface area (Å²) in [6.07, 6.45) is 2.15. The van der Waals surface area contributed by atoms with Crippen LogP contribution in [0.25, 0.3) is 10.3 Å². The molecule has 3 N–H and O–H groups in total. The fourth-order valence-electron chi connectivity index (χ4n) is 3.02. The van der Waals surface area contributed by atoms with E-state index < -0.39 is 6.09 Å². The lowest BCUT2D eigenvalue weighted by molar-refractivity contribution is -0.103. The van der Waals surface area contributed by atoms with E-state index in [0.717, 1.165) is 10.3 Å². The Labute approximate surface area is 169 Å². The van der Waals surface area contributed by atoms with Gasteiger partial charge in [-0.2, -0.15) is 4.98 Å². The third kappa shape index (κ3) is 4.09. The molecule has 1 fully saturated rings. The number of fused-ring (bicyclic) bond motifs is 1. The molecule has 29 heavy (non-hydrogen) atoms. The summed E-state index contributed by atoms with van der Waals surface area (Å²) in [5.41, 5.74) is 8.29. The normalized spacial score (nSPS) is 17.3. The Kier molecular flexibility index (Phi) is 5.22. The number of nitrogens with zero attached hydrogens (tertiary/aromatic N) is 7. The van der Waals surface area contributed by atoms with Gasteiger partial charge in [0, 0.05) is 12.6 Å². The molecular weight excluding hydrogens is 398 g/mol. The lowest BCUT2D eigenvalue weighted by Gasteiger charge is -2.39. The number of methoxy groups -OCH3 is 1. The standard InChI is InChI=1S/C16H19N9O3S/c1-9-7-24(28-16(26)21-10-5-19-11(27-2)6-18-10)3-4-25(9)13-12-14(29-8-20-12)23-15(17)22-13/h5-6,8-9H,3-4,7H2,1-2H3,(H2,17,22,23)(H,18,21,26)/t9-/m0/s1. The minimum absolute atomic E-state index is 0.0107. The van der Waals surface area contributed by atoms with Crippen LogP contribution < -0.4 is 20.7 Å². The number of ether oxygens (including phenoxy) is 1. The second-order valence-electron chi connectivity index (χ2n) is 6.29. The molecule has 0 saturated carbocycles. The van der Waals surface area contributed by atoms with Crippen molar-refractivity contribution in [3.63, 3.8) is 0 Å². The molecule has 1 aliphatic rings. The Morgan fingerprint density at radius 2 is 2.14 bits per heavy atom. The molecule has 0 bridgehead atoms. The second kappa shape index (κ2) is 7.97. The number of carbonyl (C=O) groups excluding carboxylic acids is 1. The number of hydrogen-bond acceptors (Lipinski definition) is 12. The number of hydrogen-bond donors (Lipinski definition) is 2. The zero-order chi connectivity index (χ0) is 20.4. The number of aromatic nitrogens is 5. The third-order valence-electron chi connectivity index (χ3n) is 4.34. The highest BCUT2D eigenvalue weighted by atomic mass is 32.1. The molecule has 12 nitrogen and oxygen atoms in total. The highest BCUT2D eigenvalue weighted by Crippen LogP contribution is 2.28. The monoisotopic (exact) mass is 417 g/mol. The number of thiazole rings is 1. The average molecular weight is 417 g/mol. The van der Waals surface area contributed by atoms with Crippen LogP contribution in [0, 0.1) is 0 Å². The lowest BCUT2D eigenvalue weighted by Crippen LogP contribution is -2.53. The van der Waals surface area contributed by atoms with Crippen molar-refractivity contribution < 1.29 is 14.4 Å². The maximum Gasteiger partial charge on any atom is 0.432 e. The van der Waals surface area contributed by atoms with Gasteiger partial charge in [0.15, 0.2) is 16.5 Å². The fraction of sp³-hybridized carbons (Fsp3) is 0.375. The summed E-state index contributed by atoms with van der Waals surface area (Å²) >= 11 is 1.42. The highest BCUT2D eigenvalue weighted by molar-refractivity contribution is 7.16. The number of rotatable bonds is 4. The quantitative estimate of drug-likeness (QED) is 0.630. The number of nitrogens with one attached hydrogen (secondary N) is 1. The first-order chi connectivity index (χ1) is 14.0. The molecule has 3 aromatic heterocycles. The molecule has 4 heterocycles. The molecule has 0 unspecified atom stereocenters. The van der Waals surface area contributed by atoms with Crippen molar-refractivity contribution >= 4 is 45.4 Å². The first-order valence-electron chi connectivity index (χ1n) is 8.76. The van der Waals surface area contributed by atoms with Crippen molar-refractivity contribution in [2.24, 2.45) is 0 Å². The van der Waals surface area contributed by atoms with Crippen molar-refractivity contribution in [2.45, 2.75) is 13.0 Å². The first-order valence-corrected chi connectivity index (χ1v) is 9.64. The Hall–Kier alpha value is -3.32. The van der Waals surface area contributed by atoms with Crippen molar-refractivity contribution in [1.29, 1.82) is 0 Å². The number of amides is 1. The van der Waals surface area contributed by atoms with Crippen LogP contribution in [-0.4, -0.2) is 68.9 Å². The van der Waals surface area contributed by atoms with Gasteiger partial charge in [-0.25, -0.2) is 24.7 Å². The van der Waals surface area contributed by atoms with Gasteiger partial charge in [-0.15, -0.1) is 16.4 Å². The van der Waals surface area contributed by atoms with Crippen molar-refractivity contribution in [2.75, 3.05) is 42.7 Å². The predicted octanol–water partition coefficient (Wildman–Crippen LogP) is 1.14. The molecule has 13 heteroatoms. The topological polar surface area (TPSA) is 145 Å². The van der Waals surface area contributed by atoms with Gasteiger partial charge in [0.05, 0.1) is 38.1 Å². The molecule has 1 amide bonds. The van der Waals surface area contributed by atoms with Gasteiger partial charge in [-0.1, -0.05) is 0 Å². The Morgan fingerprint density at radius 1 is 1.28 bits per heavy atom. The van der Waals surface area contributed by atoms with Crippen LogP contribution in [0.1, 0.15) is 6.92 Å². The van der Waals surface area contributed by atoms with Crippen LogP contribution in [0.15, 0.2) is 17.9 Å². The lowest BCUT2D eigenvalue weighted by atomic mass is 10.2. The van der Waals surface area contributed by atoms with Crippen LogP contribution in [0.3, 0.4) is 0 Å². The molecule has 3 aromatic rings. The van der Waals surface area contributed by atoms with Gasteiger partial charge < -0.3 is 20.2 Å². The highest BCUT2D eigenvalue weighted by Gasteiger charge is 2.29. The molecule has 0 aromatic carbocycles. The van der Waals surface area contributed by atoms with Gasteiger partial charge >= 0.3 is 6.09 Å². The Morgan fingerprint density at radius 3 is 2.86 bits per heavy atom. The molecule has 0 aliphatic carbocycles. The second-order valence-corrected chi connectivity index (χ2v) is 7.12. The van der Waals surface area contributed by atoms with Crippen molar-refractivity contribution in [1.82, 2.24) is 30.0 Å². The van der Waals surface area contributed by atoms with Gasteiger partial charge in [-0.05, 0) is 6.92 Å². The summed E-state index contributed by atoms with van der Waals surface area (Å²) in [5.74, 6) is 1.53. The summed E-state index contributed by atoms with van der Waals surface area (Å²) in [7, 11) is 1.49. The maximum absolute atomic E-state index is 12.1. The molecule has 1 aliphatic heterocycles. The van der Waals surface area contributed by atoms with Crippen molar-refractivity contribution in [3.05, 3.63) is 17.9 Å². The summed E-state index contributed by atoms with van der Waals surface area (Å²) in [6, 6.07) is 0.0107. The van der Waals surface area contributed by atoms with E-state index in [9.17, 15) is 4.79 Å². The number of nitrogens with two attached hydrogens (primary N) is 1. The minimum Gasteiger partial charge on any atom is -0.480 e. The number of hydroxylamine groups is 2. The summed E-state index contributed by atoms with van der Waals surface area (Å²) in [5, 5.41) is 4.13. The maximum atomic E-state index is 12.1. The Bertz CT molecular complexity index is 1010. The average Bonchev–Trinajstić information content (AvgIpc) is 3.16. The van der Waals surface area contributed by atoms with Gasteiger partial charge in [0.1, 0.15) is 5.52 Å². The van der Waals surface area contributed by atoms with E-state index in [4.69, 9.17) is 15.3 Å². The van der Waals surface area contributed by atoms with E-state index in [1.807, 2.05) is 6.92 Å². The zero-order valence-corrected chi connectivity index (χ0v) is 16.6.